The molecular formula is C10H11N4. The highest BCUT2D eigenvalue weighted by Gasteiger charge is 2.05. The Hall–Kier alpha value is -1.84. The number of hydrogen-bond donors (Lipinski definition) is 0. The minimum absolute atomic E-state index is 0.172. The van der Waals surface area contributed by atoms with E-state index >= 15 is 0 Å². The summed E-state index contributed by atoms with van der Waals surface area (Å²) in [6.45, 7) is 2.09. The van der Waals surface area contributed by atoms with Crippen molar-refractivity contribution in [2.75, 3.05) is 0 Å². The molecule has 0 bridgehead atoms. The van der Waals surface area contributed by atoms with E-state index in [1.54, 1.807) is 10.9 Å². The Kier molecular flexibility index (Phi) is 2.18. The quantitative estimate of drug-likeness (QED) is 0.719. The number of nitrogens with one attached hydrogen (secondary N) is 1. The highest BCUT2D eigenvalue weighted by atomic mass is 15.3. The monoisotopic (exact) mass is 187 g/mol. The summed E-state index contributed by atoms with van der Waals surface area (Å²) in [5, 5.41) is 7.35. The van der Waals surface area contributed by atoms with Crippen LogP contribution in [-0.2, 0) is 6.42 Å². The fourth-order valence-electron chi connectivity index (χ4n) is 1.46. The number of hydrogen-bond acceptors (Lipinski definition) is 2. The summed E-state index contributed by atoms with van der Waals surface area (Å²) >= 11 is 0. The molecule has 0 saturated carbocycles. The van der Waals surface area contributed by atoms with Crippen molar-refractivity contribution in [1.29, 1.82) is 0 Å². The molecule has 4 heteroatoms. The van der Waals surface area contributed by atoms with Crippen LogP contribution in [0.15, 0.2) is 30.6 Å². The van der Waals surface area contributed by atoms with Crippen LogP contribution in [0.2, 0.25) is 0 Å². The summed E-state index contributed by atoms with van der Waals surface area (Å²) in [7, 11) is 0. The Morgan fingerprint density at radius 2 is 2.14 bits per heavy atom. The average molecular weight is 187 g/mol. The van der Waals surface area contributed by atoms with Crippen LogP contribution in [-0.4, -0.2) is 14.8 Å². The maximum absolute atomic E-state index is 7.55. The molecule has 0 atom stereocenters. The topological polar surface area (TPSA) is 54.5 Å². The molecule has 0 aliphatic carbocycles. The van der Waals surface area contributed by atoms with E-state index in [9.17, 15) is 0 Å². The molecule has 71 valence electrons. The molecule has 1 N–H and O–H groups in total. The van der Waals surface area contributed by atoms with Crippen LogP contribution in [0.4, 0.5) is 5.95 Å². The van der Waals surface area contributed by atoms with Crippen molar-refractivity contribution in [3.8, 4) is 5.69 Å². The zero-order chi connectivity index (χ0) is 9.97. The zero-order valence-corrected chi connectivity index (χ0v) is 7.94. The molecule has 1 aromatic carbocycles. The van der Waals surface area contributed by atoms with Gasteiger partial charge in [0.05, 0.1) is 5.69 Å². The van der Waals surface area contributed by atoms with Gasteiger partial charge in [0.2, 0.25) is 5.95 Å². The Labute approximate surface area is 82.4 Å². The van der Waals surface area contributed by atoms with Crippen molar-refractivity contribution in [2.45, 2.75) is 13.3 Å². The van der Waals surface area contributed by atoms with E-state index < -0.39 is 0 Å². The molecule has 1 aromatic heterocycles. The third kappa shape index (κ3) is 1.35. The highest BCUT2D eigenvalue weighted by Crippen LogP contribution is 2.17. The Balaban J connectivity index is 2.56. The molecule has 1 heterocycles. The van der Waals surface area contributed by atoms with Gasteiger partial charge in [-0.3, -0.25) is 10.3 Å². The molecule has 0 unspecified atom stereocenters. The van der Waals surface area contributed by atoms with Crippen LogP contribution in [0, 0.1) is 0 Å². The summed E-state index contributed by atoms with van der Waals surface area (Å²) in [5.41, 5.74) is 9.74. The number of aromatic nitrogens is 3. The lowest BCUT2D eigenvalue weighted by atomic mass is 10.1. The molecule has 4 nitrogen and oxygen atoms in total. The van der Waals surface area contributed by atoms with E-state index in [0.29, 0.717) is 0 Å². The van der Waals surface area contributed by atoms with E-state index in [0.717, 1.165) is 12.1 Å². The SMILES string of the molecule is CCc1ccccc1-n1cnnc1[NH]. The van der Waals surface area contributed by atoms with Crippen molar-refractivity contribution < 1.29 is 0 Å². The molecule has 0 aliphatic rings. The molecule has 0 fully saturated rings. The smallest absolute Gasteiger partial charge is 0.247 e. The lowest BCUT2D eigenvalue weighted by Crippen LogP contribution is -1.97. The predicted molar refractivity (Wildman–Crippen MR) is 53.5 cm³/mol. The largest absolute Gasteiger partial charge is 0.266 e. The van der Waals surface area contributed by atoms with Gasteiger partial charge >= 0.3 is 0 Å². The lowest BCUT2D eigenvalue weighted by molar-refractivity contribution is 0.990. The van der Waals surface area contributed by atoms with E-state index in [1.165, 1.54) is 5.56 Å². The fraction of sp³-hybridized carbons (Fsp3) is 0.200. The van der Waals surface area contributed by atoms with E-state index in [2.05, 4.69) is 23.2 Å². The number of rotatable bonds is 2. The summed E-state index contributed by atoms with van der Waals surface area (Å²) in [6, 6.07) is 7.97. The van der Waals surface area contributed by atoms with Crippen LogP contribution >= 0.6 is 0 Å². The predicted octanol–water partition coefficient (Wildman–Crippen LogP) is 1.74. The van der Waals surface area contributed by atoms with Crippen molar-refractivity contribution in [2.24, 2.45) is 0 Å². The van der Waals surface area contributed by atoms with Gasteiger partial charge in [0.1, 0.15) is 6.33 Å². The standard InChI is InChI=1S/C10H11N4/c1-2-8-5-3-4-6-9(8)14-7-12-13-10(14)11/h3-7,11H,2H2,1H3. The van der Waals surface area contributed by atoms with Crippen LogP contribution in [0.25, 0.3) is 5.69 Å². The minimum Gasteiger partial charge on any atom is -0.266 e. The van der Waals surface area contributed by atoms with Crippen molar-refractivity contribution in [3.05, 3.63) is 36.2 Å². The maximum atomic E-state index is 7.55. The first-order valence-corrected chi connectivity index (χ1v) is 4.53. The van der Waals surface area contributed by atoms with Gasteiger partial charge in [0.15, 0.2) is 0 Å². The van der Waals surface area contributed by atoms with Crippen LogP contribution < -0.4 is 5.73 Å². The normalized spacial score (nSPS) is 10.4. The van der Waals surface area contributed by atoms with Crippen LogP contribution in [0.3, 0.4) is 0 Å². The van der Waals surface area contributed by atoms with Gasteiger partial charge in [-0.05, 0) is 18.1 Å². The fourth-order valence-corrected chi connectivity index (χ4v) is 1.46. The first kappa shape index (κ1) is 8.74. The van der Waals surface area contributed by atoms with Crippen LogP contribution in [0.5, 0.6) is 0 Å². The molecule has 0 amide bonds. The first-order chi connectivity index (χ1) is 6.83. The molecule has 0 aliphatic heterocycles. The molecule has 2 aromatic rings. The summed E-state index contributed by atoms with van der Waals surface area (Å²) in [4.78, 5) is 0. The zero-order valence-electron chi connectivity index (χ0n) is 7.94. The van der Waals surface area contributed by atoms with Gasteiger partial charge in [-0.1, -0.05) is 25.1 Å². The van der Waals surface area contributed by atoms with Gasteiger partial charge < -0.3 is 0 Å². The van der Waals surface area contributed by atoms with Crippen molar-refractivity contribution in [1.82, 2.24) is 20.5 Å². The molecular weight excluding hydrogens is 176 g/mol. The second-order valence-corrected chi connectivity index (χ2v) is 3.01. The summed E-state index contributed by atoms with van der Waals surface area (Å²) in [6.07, 6.45) is 2.50. The Bertz CT molecular complexity index is 433. The summed E-state index contributed by atoms with van der Waals surface area (Å²) in [5.74, 6) is 0.172. The van der Waals surface area contributed by atoms with Crippen molar-refractivity contribution in [3.63, 3.8) is 0 Å². The number of aryl methyl sites for hydroxylation is 1. The van der Waals surface area contributed by atoms with E-state index in [4.69, 9.17) is 5.73 Å². The average Bonchev–Trinajstić information content (AvgIpc) is 2.64. The Morgan fingerprint density at radius 1 is 1.36 bits per heavy atom. The summed E-state index contributed by atoms with van der Waals surface area (Å²) < 4.78 is 1.68. The Morgan fingerprint density at radius 3 is 2.79 bits per heavy atom. The maximum Gasteiger partial charge on any atom is 0.247 e. The van der Waals surface area contributed by atoms with Crippen LogP contribution in [0.1, 0.15) is 12.5 Å². The molecule has 0 spiro atoms. The van der Waals surface area contributed by atoms with Crippen molar-refractivity contribution >= 4 is 5.95 Å². The number of nitrogens with zero attached hydrogens (tertiary/aromatic N) is 3. The first-order valence-electron chi connectivity index (χ1n) is 4.53. The molecule has 0 saturated heterocycles. The molecule has 1 radical (unpaired) electrons. The second-order valence-electron chi connectivity index (χ2n) is 3.01. The lowest BCUT2D eigenvalue weighted by Gasteiger charge is -2.07. The second kappa shape index (κ2) is 3.49. The third-order valence-corrected chi connectivity index (χ3v) is 2.18. The number of para-hydroxylation sites is 1. The highest BCUT2D eigenvalue weighted by molar-refractivity contribution is 5.44. The van der Waals surface area contributed by atoms with Gasteiger partial charge in [0.25, 0.3) is 0 Å². The van der Waals surface area contributed by atoms with E-state index in [-0.39, 0.29) is 5.95 Å². The van der Waals surface area contributed by atoms with Gasteiger partial charge in [0, 0.05) is 0 Å². The number of benzene rings is 1. The minimum atomic E-state index is 0.172. The van der Waals surface area contributed by atoms with E-state index in [1.807, 2.05) is 18.2 Å². The van der Waals surface area contributed by atoms with Gasteiger partial charge in [-0.25, -0.2) is 0 Å². The third-order valence-electron chi connectivity index (χ3n) is 2.18. The van der Waals surface area contributed by atoms with Gasteiger partial charge in [-0.15, -0.1) is 10.2 Å². The molecule has 2 rings (SSSR count). The molecule has 14 heavy (non-hydrogen) atoms. The van der Waals surface area contributed by atoms with Gasteiger partial charge in [-0.2, -0.15) is 0 Å².